The normalized spacial score (nSPS) is 10.8. The standard InChI is InChI=1S/C26H18F2O6/c1-15-10-25(30)34-24-12-19(7-8-20(15)24)32-13-16-2-4-17(5-3-16)26(31)33-14-23(29)21-11-18(27)6-9-22(21)28/h2-12H,13-14H2,1H3. The summed E-state index contributed by atoms with van der Waals surface area (Å²) in [4.78, 5) is 35.8. The molecule has 0 atom stereocenters. The minimum absolute atomic E-state index is 0.180. The molecule has 0 fully saturated rings. The Morgan fingerprint density at radius 2 is 1.71 bits per heavy atom. The summed E-state index contributed by atoms with van der Waals surface area (Å²) in [5, 5.41) is 0.813. The number of Topliss-reactive ketones (excluding diaryl/α,β-unsaturated/α-hetero) is 1. The van der Waals surface area contributed by atoms with Crippen molar-refractivity contribution in [2.45, 2.75) is 13.5 Å². The fourth-order valence-corrected chi connectivity index (χ4v) is 3.30. The van der Waals surface area contributed by atoms with Gasteiger partial charge in [0.1, 0.15) is 29.6 Å². The van der Waals surface area contributed by atoms with Gasteiger partial charge in [0.2, 0.25) is 5.78 Å². The topological polar surface area (TPSA) is 82.8 Å². The van der Waals surface area contributed by atoms with Crippen molar-refractivity contribution in [3.8, 4) is 5.75 Å². The molecule has 0 amide bonds. The quantitative estimate of drug-likeness (QED) is 0.218. The second-order valence-corrected chi connectivity index (χ2v) is 7.52. The van der Waals surface area contributed by atoms with Crippen LogP contribution in [0.25, 0.3) is 11.0 Å². The maximum Gasteiger partial charge on any atom is 0.338 e. The summed E-state index contributed by atoms with van der Waals surface area (Å²) < 4.78 is 42.8. The van der Waals surface area contributed by atoms with Crippen LogP contribution in [0.4, 0.5) is 8.78 Å². The predicted octanol–water partition coefficient (Wildman–Crippen LogP) is 5.00. The summed E-state index contributed by atoms with van der Waals surface area (Å²) in [6.07, 6.45) is 0. The van der Waals surface area contributed by atoms with Crippen LogP contribution in [0.15, 0.2) is 75.9 Å². The van der Waals surface area contributed by atoms with Crippen molar-refractivity contribution in [2.24, 2.45) is 0 Å². The van der Waals surface area contributed by atoms with Crippen molar-refractivity contribution in [1.29, 1.82) is 0 Å². The molecule has 0 spiro atoms. The van der Waals surface area contributed by atoms with E-state index in [-0.39, 0.29) is 12.2 Å². The molecule has 0 aliphatic carbocycles. The van der Waals surface area contributed by atoms with E-state index in [1.807, 2.05) is 6.92 Å². The number of carbonyl (C=O) groups excluding carboxylic acids is 2. The van der Waals surface area contributed by atoms with Crippen LogP contribution in [0.5, 0.6) is 5.75 Å². The Bertz CT molecular complexity index is 1440. The third-order valence-corrected chi connectivity index (χ3v) is 5.08. The van der Waals surface area contributed by atoms with Crippen molar-refractivity contribution >= 4 is 22.7 Å². The first-order valence-electron chi connectivity index (χ1n) is 10.2. The average Bonchev–Trinajstić information content (AvgIpc) is 2.82. The molecule has 0 unspecified atom stereocenters. The zero-order valence-corrected chi connectivity index (χ0v) is 18.0. The second kappa shape index (κ2) is 9.66. The zero-order valence-electron chi connectivity index (χ0n) is 18.0. The first-order chi connectivity index (χ1) is 16.3. The van der Waals surface area contributed by atoms with Gasteiger partial charge >= 0.3 is 11.6 Å². The van der Waals surface area contributed by atoms with E-state index in [0.717, 1.165) is 34.7 Å². The SMILES string of the molecule is Cc1cc(=O)oc2cc(OCc3ccc(C(=O)OCC(=O)c4cc(F)ccc4F)cc3)ccc12. The van der Waals surface area contributed by atoms with E-state index in [4.69, 9.17) is 13.9 Å². The Balaban J connectivity index is 1.35. The van der Waals surface area contributed by atoms with Gasteiger partial charge in [0, 0.05) is 17.5 Å². The number of rotatable bonds is 7. The van der Waals surface area contributed by atoms with Gasteiger partial charge in [-0.1, -0.05) is 12.1 Å². The first kappa shape index (κ1) is 22.8. The number of halogens is 2. The molecule has 34 heavy (non-hydrogen) atoms. The van der Waals surface area contributed by atoms with Crippen molar-refractivity contribution < 1.29 is 32.3 Å². The summed E-state index contributed by atoms with van der Waals surface area (Å²) >= 11 is 0. The smallest absolute Gasteiger partial charge is 0.338 e. The van der Waals surface area contributed by atoms with Gasteiger partial charge in [0.25, 0.3) is 0 Å². The lowest BCUT2D eigenvalue weighted by molar-refractivity contribution is 0.0473. The summed E-state index contributed by atoms with van der Waals surface area (Å²) in [5.41, 5.74) is 1.24. The summed E-state index contributed by atoms with van der Waals surface area (Å²) in [5.74, 6) is -2.78. The number of aryl methyl sites for hydroxylation is 1. The lowest BCUT2D eigenvalue weighted by Gasteiger charge is -2.09. The fourth-order valence-electron chi connectivity index (χ4n) is 3.30. The molecule has 4 rings (SSSR count). The number of ether oxygens (including phenoxy) is 2. The van der Waals surface area contributed by atoms with Crippen molar-refractivity contribution in [2.75, 3.05) is 6.61 Å². The number of hydrogen-bond acceptors (Lipinski definition) is 6. The highest BCUT2D eigenvalue weighted by Gasteiger charge is 2.16. The minimum Gasteiger partial charge on any atom is -0.489 e. The Labute approximate surface area is 192 Å². The van der Waals surface area contributed by atoms with Crippen LogP contribution in [-0.2, 0) is 11.3 Å². The van der Waals surface area contributed by atoms with Crippen LogP contribution in [0.3, 0.4) is 0 Å². The van der Waals surface area contributed by atoms with Gasteiger partial charge < -0.3 is 13.9 Å². The highest BCUT2D eigenvalue weighted by molar-refractivity contribution is 5.99. The first-order valence-corrected chi connectivity index (χ1v) is 10.2. The molecule has 0 saturated heterocycles. The van der Waals surface area contributed by atoms with Gasteiger partial charge in [-0.3, -0.25) is 4.79 Å². The van der Waals surface area contributed by atoms with Crippen LogP contribution in [0.1, 0.15) is 31.8 Å². The van der Waals surface area contributed by atoms with E-state index in [1.54, 1.807) is 30.3 Å². The maximum atomic E-state index is 13.7. The molecular weight excluding hydrogens is 446 g/mol. The highest BCUT2D eigenvalue weighted by atomic mass is 19.1. The van der Waals surface area contributed by atoms with Crippen molar-refractivity contribution in [1.82, 2.24) is 0 Å². The van der Waals surface area contributed by atoms with Crippen molar-refractivity contribution in [3.63, 3.8) is 0 Å². The monoisotopic (exact) mass is 464 g/mol. The van der Waals surface area contributed by atoms with Gasteiger partial charge in [-0.25, -0.2) is 18.4 Å². The second-order valence-electron chi connectivity index (χ2n) is 7.52. The number of esters is 1. The van der Waals surface area contributed by atoms with Crippen molar-refractivity contribution in [3.05, 3.63) is 111 Å². The van der Waals surface area contributed by atoms with E-state index >= 15 is 0 Å². The largest absolute Gasteiger partial charge is 0.489 e. The van der Waals surface area contributed by atoms with Crippen LogP contribution in [0.2, 0.25) is 0 Å². The number of hydrogen-bond donors (Lipinski definition) is 0. The summed E-state index contributed by atoms with van der Waals surface area (Å²) in [6.45, 7) is 1.29. The zero-order chi connectivity index (χ0) is 24.2. The maximum absolute atomic E-state index is 13.7. The fraction of sp³-hybridized carbons (Fsp3) is 0.115. The lowest BCUT2D eigenvalue weighted by Crippen LogP contribution is -2.15. The summed E-state index contributed by atoms with van der Waals surface area (Å²) in [7, 11) is 0. The van der Waals surface area contributed by atoms with E-state index in [9.17, 15) is 23.2 Å². The Morgan fingerprint density at radius 1 is 0.941 bits per heavy atom. The van der Waals surface area contributed by atoms with Gasteiger partial charge in [0.05, 0.1) is 11.1 Å². The number of fused-ring (bicyclic) bond motifs is 1. The molecule has 1 heterocycles. The predicted molar refractivity (Wildman–Crippen MR) is 119 cm³/mol. The lowest BCUT2D eigenvalue weighted by atomic mass is 10.1. The Morgan fingerprint density at radius 3 is 2.47 bits per heavy atom. The summed E-state index contributed by atoms with van der Waals surface area (Å²) in [6, 6.07) is 15.4. The molecule has 3 aromatic carbocycles. The van der Waals surface area contributed by atoms with Crippen LogP contribution >= 0.6 is 0 Å². The third kappa shape index (κ3) is 5.17. The molecule has 0 radical (unpaired) electrons. The van der Waals surface area contributed by atoms with Crippen LogP contribution in [0, 0.1) is 18.6 Å². The number of ketones is 1. The van der Waals surface area contributed by atoms with Gasteiger partial charge in [-0.2, -0.15) is 0 Å². The molecule has 172 valence electrons. The van der Waals surface area contributed by atoms with Gasteiger partial charge in [-0.05, 0) is 60.5 Å². The average molecular weight is 464 g/mol. The number of benzene rings is 3. The molecule has 0 N–H and O–H groups in total. The van der Waals surface area contributed by atoms with E-state index < -0.39 is 41.2 Å². The molecule has 0 saturated carbocycles. The highest BCUT2D eigenvalue weighted by Crippen LogP contribution is 2.23. The van der Waals surface area contributed by atoms with Gasteiger partial charge in [0.15, 0.2) is 6.61 Å². The molecule has 4 aromatic rings. The van der Waals surface area contributed by atoms with Gasteiger partial charge in [-0.15, -0.1) is 0 Å². The van der Waals surface area contributed by atoms with E-state index in [1.165, 1.54) is 18.2 Å². The van der Waals surface area contributed by atoms with Crippen LogP contribution in [-0.4, -0.2) is 18.4 Å². The molecule has 0 aliphatic rings. The molecule has 1 aromatic heterocycles. The van der Waals surface area contributed by atoms with E-state index in [0.29, 0.717) is 11.3 Å². The number of carbonyl (C=O) groups is 2. The van der Waals surface area contributed by atoms with Crippen LogP contribution < -0.4 is 10.4 Å². The molecular formula is C26H18F2O6. The molecule has 8 heteroatoms. The Hall–Kier alpha value is -4.33. The van der Waals surface area contributed by atoms with E-state index in [2.05, 4.69) is 0 Å². The molecule has 6 nitrogen and oxygen atoms in total. The Kier molecular flexibility index (Phi) is 6.49. The molecule has 0 aliphatic heterocycles. The third-order valence-electron chi connectivity index (χ3n) is 5.08. The molecule has 0 bridgehead atoms. The minimum atomic E-state index is -0.893.